The van der Waals surface area contributed by atoms with Gasteiger partial charge >= 0.3 is 0 Å². The summed E-state index contributed by atoms with van der Waals surface area (Å²) in [4.78, 5) is 0. The van der Waals surface area contributed by atoms with Crippen LogP contribution in [-0.2, 0) is 6.42 Å². The molecule has 52 heavy (non-hydrogen) atoms. The van der Waals surface area contributed by atoms with Crippen molar-refractivity contribution in [2.75, 3.05) is 0 Å². The van der Waals surface area contributed by atoms with Gasteiger partial charge in [-0.15, -0.1) is 10.2 Å². The molecule has 0 saturated heterocycles. The quantitative estimate of drug-likeness (QED) is 0.183. The van der Waals surface area contributed by atoms with Gasteiger partial charge in [0.05, 0.1) is 0 Å². The van der Waals surface area contributed by atoms with E-state index in [9.17, 15) is 0 Å². The molecule has 2 aromatic heterocycles. The average Bonchev–Trinajstić information content (AvgIpc) is 3.77. The van der Waals surface area contributed by atoms with Crippen molar-refractivity contribution in [3.05, 3.63) is 174 Å². The van der Waals surface area contributed by atoms with Crippen LogP contribution in [0, 0.1) is 13.8 Å². The third-order valence-electron chi connectivity index (χ3n) is 10.8. The summed E-state index contributed by atoms with van der Waals surface area (Å²) in [5.74, 6) is 0. The van der Waals surface area contributed by atoms with Crippen LogP contribution in [0.15, 0.2) is 156 Å². The lowest BCUT2D eigenvalue weighted by Crippen LogP contribution is -2.05. The molecule has 246 valence electrons. The molecule has 4 heteroatoms. The molecule has 0 unspecified atom stereocenters. The zero-order valence-corrected chi connectivity index (χ0v) is 28.9. The number of hydrogen-bond donors (Lipinski definition) is 0. The van der Waals surface area contributed by atoms with Crippen molar-refractivity contribution in [1.82, 2.24) is 15.4 Å². The molecule has 0 atom stereocenters. The Morgan fingerprint density at radius 3 is 1.94 bits per heavy atom. The van der Waals surface area contributed by atoms with Crippen molar-refractivity contribution >= 4 is 21.9 Å². The Balaban J connectivity index is 1.39. The van der Waals surface area contributed by atoms with Crippen LogP contribution >= 0.6 is 0 Å². The number of aryl methyl sites for hydroxylation is 1. The van der Waals surface area contributed by atoms with Gasteiger partial charge in [0.25, 0.3) is 0 Å². The highest BCUT2D eigenvalue weighted by Gasteiger charge is 2.31. The summed E-state index contributed by atoms with van der Waals surface area (Å²) in [5, 5.41) is 16.6. The zero-order chi connectivity index (χ0) is 34.8. The molecular weight excluding hydrogens is 635 g/mol. The largest absolute Gasteiger partial charge is 0.456 e. The van der Waals surface area contributed by atoms with Crippen LogP contribution in [0.2, 0.25) is 0 Å². The van der Waals surface area contributed by atoms with Crippen molar-refractivity contribution in [1.29, 1.82) is 0 Å². The van der Waals surface area contributed by atoms with Crippen molar-refractivity contribution in [2.45, 2.75) is 20.3 Å². The second-order valence-corrected chi connectivity index (χ2v) is 13.7. The van der Waals surface area contributed by atoms with Crippen molar-refractivity contribution in [3.63, 3.8) is 0 Å². The molecule has 0 bridgehead atoms. The minimum Gasteiger partial charge on any atom is -0.456 e. The van der Waals surface area contributed by atoms with Crippen molar-refractivity contribution in [3.8, 4) is 67.0 Å². The Hall–Kier alpha value is -6.65. The number of aromatic nitrogens is 3. The number of nitrogens with zero attached hydrogens (tertiary/aromatic N) is 3. The summed E-state index contributed by atoms with van der Waals surface area (Å²) in [5.41, 5.74) is 19.4. The molecule has 0 radical (unpaired) electrons. The summed E-state index contributed by atoms with van der Waals surface area (Å²) in [7, 11) is 0. The van der Waals surface area contributed by atoms with Gasteiger partial charge in [-0.1, -0.05) is 133 Å². The van der Waals surface area contributed by atoms with Crippen LogP contribution in [0.5, 0.6) is 0 Å². The highest BCUT2D eigenvalue weighted by Crippen LogP contribution is 2.52. The summed E-state index contributed by atoms with van der Waals surface area (Å²) < 4.78 is 6.61. The van der Waals surface area contributed by atoms with E-state index in [2.05, 4.69) is 153 Å². The summed E-state index contributed by atoms with van der Waals surface area (Å²) in [6, 6.07) is 53.5. The molecule has 0 saturated carbocycles. The van der Waals surface area contributed by atoms with Crippen LogP contribution in [0.3, 0.4) is 0 Å². The third kappa shape index (κ3) is 4.65. The van der Waals surface area contributed by atoms with Gasteiger partial charge in [0, 0.05) is 33.0 Å². The lowest BCUT2D eigenvalue weighted by molar-refractivity contribution is 0.669. The fraction of sp³-hybridized carbons (Fsp3) is 0.0625. The average molecular weight is 668 g/mol. The predicted octanol–water partition coefficient (Wildman–Crippen LogP) is 12.3. The van der Waals surface area contributed by atoms with Gasteiger partial charge in [0.1, 0.15) is 22.6 Å². The van der Waals surface area contributed by atoms with E-state index in [1.165, 1.54) is 33.4 Å². The summed E-state index contributed by atoms with van der Waals surface area (Å²) in [6.07, 6.45) is 0.828. The van der Waals surface area contributed by atoms with Crippen LogP contribution in [0.1, 0.15) is 22.3 Å². The molecule has 0 fully saturated rings. The molecular formula is C48H33N3O. The fourth-order valence-electron chi connectivity index (χ4n) is 8.26. The Kier molecular flexibility index (Phi) is 6.97. The van der Waals surface area contributed by atoms with Gasteiger partial charge in [-0.25, -0.2) is 0 Å². The number of hydrogen-bond acceptors (Lipinski definition) is 4. The predicted molar refractivity (Wildman–Crippen MR) is 212 cm³/mol. The Bertz CT molecular complexity index is 2840. The molecule has 0 N–H and O–H groups in total. The monoisotopic (exact) mass is 667 g/mol. The van der Waals surface area contributed by atoms with E-state index in [-0.39, 0.29) is 0 Å². The van der Waals surface area contributed by atoms with Crippen LogP contribution < -0.4 is 0 Å². The van der Waals surface area contributed by atoms with Gasteiger partial charge in [0.15, 0.2) is 0 Å². The number of furan rings is 1. The van der Waals surface area contributed by atoms with E-state index in [1.54, 1.807) is 0 Å². The lowest BCUT2D eigenvalue weighted by Gasteiger charge is -2.22. The molecule has 1 aliphatic carbocycles. The number of fused-ring (bicyclic) bond motifs is 6. The molecule has 0 aliphatic heterocycles. The first-order valence-corrected chi connectivity index (χ1v) is 17.8. The minimum atomic E-state index is 0.784. The van der Waals surface area contributed by atoms with Gasteiger partial charge in [0.2, 0.25) is 0 Å². The van der Waals surface area contributed by atoms with E-state index in [1.807, 2.05) is 18.2 Å². The van der Waals surface area contributed by atoms with E-state index in [0.29, 0.717) is 0 Å². The molecule has 7 aromatic carbocycles. The van der Waals surface area contributed by atoms with Gasteiger partial charge in [-0.05, 0) is 99.3 Å². The van der Waals surface area contributed by atoms with Gasteiger partial charge in [-0.3, -0.25) is 0 Å². The van der Waals surface area contributed by atoms with E-state index >= 15 is 0 Å². The smallest absolute Gasteiger partial charge is 0.136 e. The maximum Gasteiger partial charge on any atom is 0.136 e. The Labute approximate surface area is 302 Å². The second-order valence-electron chi connectivity index (χ2n) is 13.7. The fourth-order valence-corrected chi connectivity index (χ4v) is 8.26. The first kappa shape index (κ1) is 30.2. The van der Waals surface area contributed by atoms with Gasteiger partial charge in [-0.2, -0.15) is 0 Å². The summed E-state index contributed by atoms with van der Waals surface area (Å²) in [6.45, 7) is 4.43. The number of rotatable bonds is 5. The molecule has 10 rings (SSSR count). The first-order valence-electron chi connectivity index (χ1n) is 17.8. The van der Waals surface area contributed by atoms with E-state index in [4.69, 9.17) is 14.6 Å². The highest BCUT2D eigenvalue weighted by molar-refractivity contribution is 6.19. The second kappa shape index (κ2) is 12.0. The standard InChI is InChI=1S/C48H33N3O/c1-29-27-39-35-21-10-9-19-33(35)28-40(39)43(30(29)2)48-46(47(49-51-50-48)32-17-7-4-8-18-32)45-37(25-26-42-44(45)38-23-13-14-24-41(38)52-42)36-22-12-11-20-34(36)31-15-5-3-6-16-31/h3-27H,28H2,1-2H3. The van der Waals surface area contributed by atoms with E-state index < -0.39 is 0 Å². The maximum absolute atomic E-state index is 6.61. The minimum absolute atomic E-state index is 0.784. The maximum atomic E-state index is 6.61. The molecule has 4 nitrogen and oxygen atoms in total. The lowest BCUT2D eigenvalue weighted by atomic mass is 9.82. The molecule has 0 spiro atoms. The normalized spacial score (nSPS) is 12.0. The molecule has 0 amide bonds. The first-order chi connectivity index (χ1) is 25.7. The highest BCUT2D eigenvalue weighted by atomic mass is 16.3. The van der Waals surface area contributed by atoms with Crippen molar-refractivity contribution in [2.24, 2.45) is 0 Å². The van der Waals surface area contributed by atoms with Crippen LogP contribution in [0.25, 0.3) is 89.0 Å². The molecule has 9 aromatic rings. The number of benzene rings is 7. The summed E-state index contributed by atoms with van der Waals surface area (Å²) >= 11 is 0. The van der Waals surface area contributed by atoms with Crippen LogP contribution in [0.4, 0.5) is 0 Å². The topological polar surface area (TPSA) is 51.8 Å². The third-order valence-corrected chi connectivity index (χ3v) is 10.8. The Morgan fingerprint density at radius 1 is 0.481 bits per heavy atom. The van der Waals surface area contributed by atoms with Crippen molar-refractivity contribution < 1.29 is 4.42 Å². The zero-order valence-electron chi connectivity index (χ0n) is 28.9. The van der Waals surface area contributed by atoms with Gasteiger partial charge < -0.3 is 4.42 Å². The van der Waals surface area contributed by atoms with E-state index in [0.717, 1.165) is 84.3 Å². The Morgan fingerprint density at radius 2 is 1.13 bits per heavy atom. The molecule has 1 aliphatic rings. The SMILES string of the molecule is Cc1cc2c(c(-c3nnnc(-c4ccccc4)c3-c3c(-c4ccccc4-c4ccccc4)ccc4oc5ccccc5c34)c1C)Cc1ccccc1-2. The molecule has 2 heterocycles. The number of para-hydroxylation sites is 1. The van der Waals surface area contributed by atoms with Crippen LogP contribution in [-0.4, -0.2) is 15.4 Å².